The van der Waals surface area contributed by atoms with E-state index in [0.717, 1.165) is 41.6 Å². The SMILES string of the molecule is CC(C)CSc1nnc(NC(=O)[C@H]2CCCN(Cc3ccc(F)cc3)C2)s1. The zero-order valence-electron chi connectivity index (χ0n) is 15.7. The van der Waals surface area contributed by atoms with Gasteiger partial charge in [-0.3, -0.25) is 9.69 Å². The number of thioether (sulfide) groups is 1. The van der Waals surface area contributed by atoms with Crippen LogP contribution < -0.4 is 5.32 Å². The second kappa shape index (κ2) is 9.61. The van der Waals surface area contributed by atoms with Crippen LogP contribution in [0, 0.1) is 17.7 Å². The molecule has 1 aromatic heterocycles. The number of hydrogen-bond acceptors (Lipinski definition) is 6. The van der Waals surface area contributed by atoms with Crippen molar-refractivity contribution in [3.8, 4) is 0 Å². The Hall–Kier alpha value is -1.51. The number of rotatable bonds is 7. The highest BCUT2D eigenvalue weighted by Gasteiger charge is 2.26. The molecule has 1 N–H and O–H groups in total. The first-order chi connectivity index (χ1) is 13.0. The Morgan fingerprint density at radius 1 is 1.37 bits per heavy atom. The van der Waals surface area contributed by atoms with Gasteiger partial charge in [0.2, 0.25) is 11.0 Å². The zero-order valence-corrected chi connectivity index (χ0v) is 17.3. The lowest BCUT2D eigenvalue weighted by Crippen LogP contribution is -2.40. The number of nitrogens with zero attached hydrogens (tertiary/aromatic N) is 3. The van der Waals surface area contributed by atoms with Crippen molar-refractivity contribution >= 4 is 34.1 Å². The monoisotopic (exact) mass is 408 g/mol. The lowest BCUT2D eigenvalue weighted by atomic mass is 9.97. The quantitative estimate of drug-likeness (QED) is 0.547. The predicted octanol–water partition coefficient (Wildman–Crippen LogP) is 4.28. The fraction of sp³-hybridized carbons (Fsp3) is 0.526. The third kappa shape index (κ3) is 6.26. The molecule has 2 aromatic rings. The molecule has 0 saturated carbocycles. The molecule has 146 valence electrons. The van der Waals surface area contributed by atoms with Gasteiger partial charge in [-0.1, -0.05) is 49.1 Å². The molecular weight excluding hydrogens is 383 g/mol. The van der Waals surface area contributed by atoms with Gasteiger partial charge in [-0.05, 0) is 43.0 Å². The van der Waals surface area contributed by atoms with Crippen LogP contribution in [0.5, 0.6) is 0 Å². The molecule has 5 nitrogen and oxygen atoms in total. The van der Waals surface area contributed by atoms with E-state index in [4.69, 9.17) is 0 Å². The maximum Gasteiger partial charge on any atom is 0.230 e. The van der Waals surface area contributed by atoms with Crippen molar-refractivity contribution in [1.29, 1.82) is 0 Å². The van der Waals surface area contributed by atoms with Crippen molar-refractivity contribution in [2.24, 2.45) is 11.8 Å². The third-order valence-corrected chi connectivity index (χ3v) is 6.77. The molecule has 0 spiro atoms. The van der Waals surface area contributed by atoms with Crippen molar-refractivity contribution in [2.75, 3.05) is 24.2 Å². The summed E-state index contributed by atoms with van der Waals surface area (Å²) in [5, 5.41) is 11.7. The van der Waals surface area contributed by atoms with Gasteiger partial charge in [0.15, 0.2) is 4.34 Å². The molecule has 1 fully saturated rings. The summed E-state index contributed by atoms with van der Waals surface area (Å²) in [6, 6.07) is 6.56. The van der Waals surface area contributed by atoms with Crippen molar-refractivity contribution in [3.05, 3.63) is 35.6 Å². The molecule has 2 heterocycles. The topological polar surface area (TPSA) is 58.1 Å². The maximum absolute atomic E-state index is 13.1. The Kier molecular flexibility index (Phi) is 7.20. The number of carbonyl (C=O) groups excluding carboxylic acids is 1. The zero-order chi connectivity index (χ0) is 19.2. The Morgan fingerprint density at radius 3 is 2.89 bits per heavy atom. The number of benzene rings is 1. The van der Waals surface area contributed by atoms with Crippen molar-refractivity contribution in [1.82, 2.24) is 15.1 Å². The first kappa shape index (κ1) is 20.2. The summed E-state index contributed by atoms with van der Waals surface area (Å²) in [6.45, 7) is 6.72. The number of aromatic nitrogens is 2. The summed E-state index contributed by atoms with van der Waals surface area (Å²) in [5.41, 5.74) is 1.06. The van der Waals surface area contributed by atoms with E-state index in [1.165, 1.54) is 23.5 Å². The van der Waals surface area contributed by atoms with Gasteiger partial charge in [0.25, 0.3) is 0 Å². The number of anilines is 1. The highest BCUT2D eigenvalue weighted by atomic mass is 32.2. The van der Waals surface area contributed by atoms with E-state index < -0.39 is 0 Å². The van der Waals surface area contributed by atoms with E-state index in [0.29, 0.717) is 17.6 Å². The molecule has 0 radical (unpaired) electrons. The molecule has 0 unspecified atom stereocenters. The largest absolute Gasteiger partial charge is 0.300 e. The average Bonchev–Trinajstić information content (AvgIpc) is 3.09. The number of amides is 1. The Morgan fingerprint density at radius 2 is 2.15 bits per heavy atom. The van der Waals surface area contributed by atoms with Gasteiger partial charge in [0.1, 0.15) is 5.82 Å². The van der Waals surface area contributed by atoms with Crippen LogP contribution in [-0.4, -0.2) is 39.8 Å². The normalized spacial score (nSPS) is 18.0. The van der Waals surface area contributed by atoms with Crippen molar-refractivity contribution < 1.29 is 9.18 Å². The fourth-order valence-corrected chi connectivity index (χ4v) is 4.76. The first-order valence-corrected chi connectivity index (χ1v) is 11.0. The average molecular weight is 409 g/mol. The van der Waals surface area contributed by atoms with Gasteiger partial charge in [0.05, 0.1) is 5.92 Å². The second-order valence-corrected chi connectivity index (χ2v) is 9.51. The standard InChI is InChI=1S/C19H25FN4OS2/c1-13(2)12-26-19-23-22-18(27-19)21-17(25)15-4-3-9-24(11-15)10-14-5-7-16(20)8-6-14/h5-8,13,15H,3-4,9-12H2,1-2H3,(H,21,22,25)/t15-/m0/s1. The molecule has 1 aliphatic rings. The Bertz CT molecular complexity index is 750. The molecule has 1 atom stereocenters. The molecule has 8 heteroatoms. The maximum atomic E-state index is 13.1. The molecule has 3 rings (SSSR count). The highest BCUT2D eigenvalue weighted by Crippen LogP contribution is 2.28. The van der Waals surface area contributed by atoms with Gasteiger partial charge >= 0.3 is 0 Å². The Balaban J connectivity index is 1.51. The Labute approximate surface area is 167 Å². The number of likely N-dealkylation sites (tertiary alicyclic amines) is 1. The lowest BCUT2D eigenvalue weighted by Gasteiger charge is -2.31. The lowest BCUT2D eigenvalue weighted by molar-refractivity contribution is -0.121. The minimum Gasteiger partial charge on any atom is -0.300 e. The van der Waals surface area contributed by atoms with Gasteiger partial charge < -0.3 is 5.32 Å². The molecule has 1 aromatic carbocycles. The van der Waals surface area contributed by atoms with E-state index in [1.807, 2.05) is 0 Å². The van der Waals surface area contributed by atoms with E-state index in [2.05, 4.69) is 34.3 Å². The summed E-state index contributed by atoms with van der Waals surface area (Å²) in [6.07, 6.45) is 1.85. The van der Waals surface area contributed by atoms with Gasteiger partial charge in [0, 0.05) is 18.8 Å². The minimum atomic E-state index is -0.224. The smallest absolute Gasteiger partial charge is 0.230 e. The van der Waals surface area contributed by atoms with Gasteiger partial charge in [-0.25, -0.2) is 4.39 Å². The number of carbonyl (C=O) groups is 1. The van der Waals surface area contributed by atoms with E-state index in [-0.39, 0.29) is 17.6 Å². The number of piperidine rings is 1. The van der Waals surface area contributed by atoms with E-state index in [1.54, 1.807) is 23.9 Å². The van der Waals surface area contributed by atoms with E-state index >= 15 is 0 Å². The number of halogens is 1. The molecular formula is C19H25FN4OS2. The molecule has 0 bridgehead atoms. The summed E-state index contributed by atoms with van der Waals surface area (Å²) in [7, 11) is 0. The number of hydrogen-bond donors (Lipinski definition) is 1. The highest BCUT2D eigenvalue weighted by molar-refractivity contribution is 8.01. The molecule has 1 aliphatic heterocycles. The molecule has 0 aliphatic carbocycles. The summed E-state index contributed by atoms with van der Waals surface area (Å²) in [5.74, 6) is 1.30. The second-order valence-electron chi connectivity index (χ2n) is 7.27. The van der Waals surface area contributed by atoms with Crippen LogP contribution in [0.4, 0.5) is 9.52 Å². The number of nitrogens with one attached hydrogen (secondary N) is 1. The van der Waals surface area contributed by atoms with Crippen LogP contribution in [0.15, 0.2) is 28.6 Å². The molecule has 1 saturated heterocycles. The predicted molar refractivity (Wildman–Crippen MR) is 109 cm³/mol. The van der Waals surface area contributed by atoms with Crippen LogP contribution in [0.1, 0.15) is 32.3 Å². The van der Waals surface area contributed by atoms with Gasteiger partial charge in [-0.2, -0.15) is 0 Å². The first-order valence-electron chi connectivity index (χ1n) is 9.23. The van der Waals surface area contributed by atoms with Crippen molar-refractivity contribution in [2.45, 2.75) is 37.6 Å². The van der Waals surface area contributed by atoms with Crippen LogP contribution in [0.2, 0.25) is 0 Å². The summed E-state index contributed by atoms with van der Waals surface area (Å²) < 4.78 is 13.9. The molecule has 27 heavy (non-hydrogen) atoms. The minimum absolute atomic E-state index is 0.00960. The van der Waals surface area contributed by atoms with Gasteiger partial charge in [-0.15, -0.1) is 10.2 Å². The summed E-state index contributed by atoms with van der Waals surface area (Å²) >= 11 is 3.10. The van der Waals surface area contributed by atoms with E-state index in [9.17, 15) is 9.18 Å². The van der Waals surface area contributed by atoms with Crippen LogP contribution in [0.25, 0.3) is 0 Å². The summed E-state index contributed by atoms with van der Waals surface area (Å²) in [4.78, 5) is 14.9. The van der Waals surface area contributed by atoms with Crippen LogP contribution >= 0.6 is 23.1 Å². The fourth-order valence-electron chi connectivity index (χ4n) is 3.03. The van der Waals surface area contributed by atoms with Crippen LogP contribution in [0.3, 0.4) is 0 Å². The van der Waals surface area contributed by atoms with Crippen molar-refractivity contribution in [3.63, 3.8) is 0 Å². The molecule has 1 amide bonds. The van der Waals surface area contributed by atoms with Crippen LogP contribution in [-0.2, 0) is 11.3 Å². The third-order valence-electron chi connectivity index (χ3n) is 4.37.